The second-order valence-corrected chi connectivity index (χ2v) is 4.75. The number of aryl methyl sites for hydroxylation is 1. The van der Waals surface area contributed by atoms with Gasteiger partial charge in [0.05, 0.1) is 0 Å². The van der Waals surface area contributed by atoms with Crippen molar-refractivity contribution in [3.8, 4) is 11.1 Å². The second kappa shape index (κ2) is 4.69. The van der Waals surface area contributed by atoms with Gasteiger partial charge >= 0.3 is 5.97 Å². The third kappa shape index (κ3) is 2.16. The Kier molecular flexibility index (Phi) is 3.24. The minimum atomic E-state index is -0.885. The average Bonchev–Trinajstić information content (AvgIpc) is 2.74. The van der Waals surface area contributed by atoms with Gasteiger partial charge in [-0.05, 0) is 32.4 Å². The lowest BCUT2D eigenvalue weighted by Gasteiger charge is -2.11. The zero-order chi connectivity index (χ0) is 13.3. The number of carboxylic acid groups (broad SMARTS) is 1. The molecule has 0 fully saturated rings. The van der Waals surface area contributed by atoms with Crippen LogP contribution >= 0.6 is 0 Å². The summed E-state index contributed by atoms with van der Waals surface area (Å²) < 4.78 is 1.79. The molecule has 0 aliphatic carbocycles. The predicted octanol–water partition coefficient (Wildman–Crippen LogP) is 3.74. The molecule has 1 aromatic carbocycles. The fourth-order valence-electron chi connectivity index (χ4n) is 2.07. The van der Waals surface area contributed by atoms with Crippen LogP contribution in [-0.2, 0) is 0 Å². The van der Waals surface area contributed by atoms with E-state index in [0.29, 0.717) is 5.69 Å². The number of aromatic nitrogens is 1. The number of carbonyl (C=O) groups is 1. The van der Waals surface area contributed by atoms with Crippen LogP contribution in [0.15, 0.2) is 36.5 Å². The highest BCUT2D eigenvalue weighted by atomic mass is 16.4. The van der Waals surface area contributed by atoms with Gasteiger partial charge in [0, 0.05) is 17.8 Å². The van der Waals surface area contributed by atoms with Gasteiger partial charge in [0.1, 0.15) is 5.69 Å². The molecule has 0 atom stereocenters. The van der Waals surface area contributed by atoms with Gasteiger partial charge in [-0.2, -0.15) is 0 Å². The van der Waals surface area contributed by atoms with Gasteiger partial charge < -0.3 is 9.67 Å². The number of carboxylic acids is 1. The molecule has 0 amide bonds. The Hall–Kier alpha value is -2.03. The van der Waals surface area contributed by atoms with Crippen molar-refractivity contribution >= 4 is 5.97 Å². The van der Waals surface area contributed by atoms with Crippen LogP contribution in [0.4, 0.5) is 0 Å². The van der Waals surface area contributed by atoms with Crippen LogP contribution in [-0.4, -0.2) is 15.6 Å². The van der Waals surface area contributed by atoms with E-state index in [1.165, 1.54) is 5.56 Å². The molecule has 18 heavy (non-hydrogen) atoms. The molecule has 0 aliphatic rings. The highest BCUT2D eigenvalue weighted by Gasteiger charge is 2.18. The lowest BCUT2D eigenvalue weighted by atomic mass is 10.0. The van der Waals surface area contributed by atoms with Crippen molar-refractivity contribution in [1.82, 2.24) is 4.57 Å². The molecule has 2 rings (SSSR count). The van der Waals surface area contributed by atoms with Crippen molar-refractivity contribution in [2.45, 2.75) is 26.8 Å². The zero-order valence-corrected chi connectivity index (χ0v) is 10.8. The molecule has 0 spiro atoms. The van der Waals surface area contributed by atoms with E-state index >= 15 is 0 Å². The normalized spacial score (nSPS) is 10.9. The van der Waals surface area contributed by atoms with Gasteiger partial charge in [-0.15, -0.1) is 0 Å². The summed E-state index contributed by atoms with van der Waals surface area (Å²) in [6.07, 6.45) is 1.84. The quantitative estimate of drug-likeness (QED) is 0.892. The molecule has 1 aromatic heterocycles. The maximum atomic E-state index is 11.4. The maximum absolute atomic E-state index is 11.4. The van der Waals surface area contributed by atoms with Gasteiger partial charge in [0.25, 0.3) is 0 Å². The van der Waals surface area contributed by atoms with E-state index in [0.717, 1.165) is 11.1 Å². The van der Waals surface area contributed by atoms with Crippen LogP contribution in [0.2, 0.25) is 0 Å². The Bertz CT molecular complexity index is 565. The molecule has 1 N–H and O–H groups in total. The smallest absolute Gasteiger partial charge is 0.353 e. The molecule has 0 radical (unpaired) electrons. The van der Waals surface area contributed by atoms with Crippen LogP contribution in [0, 0.1) is 6.92 Å². The summed E-state index contributed by atoms with van der Waals surface area (Å²) in [5, 5.41) is 9.38. The number of benzene rings is 1. The molecule has 2 aromatic rings. The lowest BCUT2D eigenvalue weighted by molar-refractivity contribution is 0.0684. The van der Waals surface area contributed by atoms with E-state index in [2.05, 4.69) is 0 Å². The first-order valence-corrected chi connectivity index (χ1v) is 6.02. The van der Waals surface area contributed by atoms with Gasteiger partial charge in [0.2, 0.25) is 0 Å². The molecule has 3 heteroatoms. The van der Waals surface area contributed by atoms with Crippen molar-refractivity contribution in [3.05, 3.63) is 47.8 Å². The van der Waals surface area contributed by atoms with Crippen LogP contribution in [0.25, 0.3) is 11.1 Å². The molecule has 0 saturated heterocycles. The highest BCUT2D eigenvalue weighted by Crippen LogP contribution is 2.27. The first kappa shape index (κ1) is 12.4. The largest absolute Gasteiger partial charge is 0.477 e. The standard InChI is InChI=1S/C15H17NO2/c1-10(2)16-9-8-13(14(16)15(17)18)12-6-4-11(3)5-7-12/h4-10H,1-3H3,(H,17,18). The third-order valence-electron chi connectivity index (χ3n) is 3.04. The van der Waals surface area contributed by atoms with E-state index < -0.39 is 5.97 Å². The summed E-state index contributed by atoms with van der Waals surface area (Å²) in [6.45, 7) is 5.97. The van der Waals surface area contributed by atoms with Crippen molar-refractivity contribution in [1.29, 1.82) is 0 Å². The van der Waals surface area contributed by atoms with Crippen molar-refractivity contribution in [3.63, 3.8) is 0 Å². The van der Waals surface area contributed by atoms with Crippen molar-refractivity contribution in [2.75, 3.05) is 0 Å². The summed E-state index contributed by atoms with van der Waals surface area (Å²) in [4.78, 5) is 11.4. The lowest BCUT2D eigenvalue weighted by Crippen LogP contribution is -2.10. The topological polar surface area (TPSA) is 42.2 Å². The van der Waals surface area contributed by atoms with E-state index in [4.69, 9.17) is 0 Å². The predicted molar refractivity (Wildman–Crippen MR) is 71.9 cm³/mol. The number of hydrogen-bond donors (Lipinski definition) is 1. The highest BCUT2D eigenvalue weighted by molar-refractivity contribution is 5.94. The Morgan fingerprint density at radius 3 is 2.28 bits per heavy atom. The van der Waals surface area contributed by atoms with E-state index in [9.17, 15) is 9.90 Å². The summed E-state index contributed by atoms with van der Waals surface area (Å²) in [6, 6.07) is 9.91. The van der Waals surface area contributed by atoms with E-state index in [1.54, 1.807) is 4.57 Å². The molecule has 0 saturated carbocycles. The third-order valence-corrected chi connectivity index (χ3v) is 3.04. The number of hydrogen-bond acceptors (Lipinski definition) is 1. The molecule has 3 nitrogen and oxygen atoms in total. The Labute approximate surface area is 107 Å². The molecular formula is C15H17NO2. The number of aromatic carboxylic acids is 1. The fraction of sp³-hybridized carbons (Fsp3) is 0.267. The van der Waals surface area contributed by atoms with Gasteiger partial charge in [-0.3, -0.25) is 0 Å². The zero-order valence-electron chi connectivity index (χ0n) is 10.8. The second-order valence-electron chi connectivity index (χ2n) is 4.75. The first-order valence-electron chi connectivity index (χ1n) is 6.02. The van der Waals surface area contributed by atoms with Crippen LogP contribution in [0.1, 0.15) is 35.9 Å². The Balaban J connectivity index is 2.58. The van der Waals surface area contributed by atoms with Crippen LogP contribution in [0.3, 0.4) is 0 Å². The number of nitrogens with zero attached hydrogens (tertiary/aromatic N) is 1. The Morgan fingerprint density at radius 2 is 1.78 bits per heavy atom. The van der Waals surface area contributed by atoms with Crippen molar-refractivity contribution in [2.24, 2.45) is 0 Å². The molecule has 1 heterocycles. The fourth-order valence-corrected chi connectivity index (χ4v) is 2.07. The molecule has 94 valence electrons. The Morgan fingerprint density at radius 1 is 1.17 bits per heavy atom. The average molecular weight is 243 g/mol. The molecule has 0 bridgehead atoms. The summed E-state index contributed by atoms with van der Waals surface area (Å²) >= 11 is 0. The van der Waals surface area contributed by atoms with Gasteiger partial charge in [0.15, 0.2) is 0 Å². The van der Waals surface area contributed by atoms with E-state index in [-0.39, 0.29) is 6.04 Å². The molecule has 0 unspecified atom stereocenters. The van der Waals surface area contributed by atoms with Crippen molar-refractivity contribution < 1.29 is 9.90 Å². The monoisotopic (exact) mass is 243 g/mol. The summed E-state index contributed by atoms with van der Waals surface area (Å²) in [7, 11) is 0. The SMILES string of the molecule is Cc1ccc(-c2ccn(C(C)C)c2C(=O)O)cc1. The van der Waals surface area contributed by atoms with E-state index in [1.807, 2.05) is 57.3 Å². The minimum absolute atomic E-state index is 0.135. The maximum Gasteiger partial charge on any atom is 0.353 e. The van der Waals surface area contributed by atoms with Gasteiger partial charge in [-0.1, -0.05) is 29.8 Å². The molecular weight excluding hydrogens is 226 g/mol. The summed E-state index contributed by atoms with van der Waals surface area (Å²) in [5.74, 6) is -0.885. The summed E-state index contributed by atoms with van der Waals surface area (Å²) in [5.41, 5.74) is 3.24. The van der Waals surface area contributed by atoms with Gasteiger partial charge in [-0.25, -0.2) is 4.79 Å². The number of rotatable bonds is 3. The van der Waals surface area contributed by atoms with Crippen LogP contribution in [0.5, 0.6) is 0 Å². The molecule has 0 aliphatic heterocycles. The van der Waals surface area contributed by atoms with Crippen LogP contribution < -0.4 is 0 Å². The minimum Gasteiger partial charge on any atom is -0.477 e. The first-order chi connectivity index (χ1) is 8.50.